The van der Waals surface area contributed by atoms with Crippen molar-refractivity contribution < 1.29 is 9.47 Å². The predicted octanol–water partition coefficient (Wildman–Crippen LogP) is 1.47. The third-order valence-electron chi connectivity index (χ3n) is 1.63. The summed E-state index contributed by atoms with van der Waals surface area (Å²) in [5, 5.41) is 8.51. The number of nitriles is 1. The highest BCUT2D eigenvalue weighted by Crippen LogP contribution is 2.22. The van der Waals surface area contributed by atoms with Crippen LogP contribution in [-0.2, 0) is 9.47 Å². The molecule has 1 aromatic heterocycles. The molecule has 0 saturated carbocycles. The van der Waals surface area contributed by atoms with Crippen LogP contribution < -0.4 is 0 Å². The lowest BCUT2D eigenvalue weighted by Crippen LogP contribution is -1.98. The van der Waals surface area contributed by atoms with Crippen molar-refractivity contribution in [3.8, 4) is 6.07 Å². The van der Waals surface area contributed by atoms with Gasteiger partial charge in [0, 0.05) is 6.20 Å². The summed E-state index contributed by atoms with van der Waals surface area (Å²) < 4.78 is 10.2. The van der Waals surface area contributed by atoms with E-state index in [2.05, 4.69) is 4.98 Å². The van der Waals surface area contributed by atoms with Crippen LogP contribution in [0.2, 0.25) is 0 Å². The Kier molecular flexibility index (Phi) is 1.85. The van der Waals surface area contributed by atoms with Gasteiger partial charge in [-0.15, -0.1) is 0 Å². The summed E-state index contributed by atoms with van der Waals surface area (Å²) in [5.74, 6) is 0. The second-order valence-corrected chi connectivity index (χ2v) is 2.46. The number of hydrogen-bond acceptors (Lipinski definition) is 4. The fraction of sp³-hybridized carbons (Fsp3) is 0.111. The lowest BCUT2D eigenvalue weighted by Gasteiger charge is -2.08. The normalized spacial score (nSPS) is 14.7. The van der Waals surface area contributed by atoms with Gasteiger partial charge >= 0.3 is 0 Å². The first-order chi connectivity index (χ1) is 6.40. The molecule has 2 rings (SSSR count). The number of rotatable bonds is 1. The SMILES string of the molecule is N#Cc1ccc(C2OC=CO2)cn1. The summed E-state index contributed by atoms with van der Waals surface area (Å²) in [6, 6.07) is 5.31. The van der Waals surface area contributed by atoms with E-state index < -0.39 is 6.29 Å². The Hall–Kier alpha value is -2.02. The fourth-order valence-electron chi connectivity index (χ4n) is 1.01. The third-order valence-corrected chi connectivity index (χ3v) is 1.63. The van der Waals surface area contributed by atoms with Crippen molar-refractivity contribution in [1.29, 1.82) is 5.26 Å². The molecule has 0 N–H and O–H groups in total. The Labute approximate surface area is 75.0 Å². The van der Waals surface area contributed by atoms with Crippen LogP contribution >= 0.6 is 0 Å². The van der Waals surface area contributed by atoms with Gasteiger partial charge in [0.15, 0.2) is 0 Å². The maximum Gasteiger partial charge on any atom is 0.267 e. The van der Waals surface area contributed by atoms with E-state index in [4.69, 9.17) is 14.7 Å². The van der Waals surface area contributed by atoms with Crippen molar-refractivity contribution in [1.82, 2.24) is 4.98 Å². The molecule has 0 unspecified atom stereocenters. The van der Waals surface area contributed by atoms with Gasteiger partial charge in [0.05, 0.1) is 5.56 Å². The summed E-state index contributed by atoms with van der Waals surface area (Å²) in [6.45, 7) is 0. The first-order valence-electron chi connectivity index (χ1n) is 3.72. The van der Waals surface area contributed by atoms with Gasteiger partial charge in [-0.3, -0.25) is 0 Å². The molecular formula is C9H6N2O2. The molecule has 2 heterocycles. The summed E-state index contributed by atoms with van der Waals surface area (Å²) in [5.41, 5.74) is 1.18. The zero-order valence-electron chi connectivity index (χ0n) is 6.68. The van der Waals surface area contributed by atoms with Gasteiger partial charge in [-0.05, 0) is 12.1 Å². The molecule has 4 heteroatoms. The van der Waals surface area contributed by atoms with Crippen molar-refractivity contribution in [3.63, 3.8) is 0 Å². The standard InChI is InChI=1S/C9H6N2O2/c10-5-8-2-1-7(6-11-8)9-12-3-4-13-9/h1-4,6,9H. The Morgan fingerprint density at radius 2 is 2.08 bits per heavy atom. The lowest BCUT2D eigenvalue weighted by atomic mass is 10.2. The van der Waals surface area contributed by atoms with Gasteiger partial charge in [0.25, 0.3) is 6.29 Å². The second kappa shape index (κ2) is 3.15. The molecule has 1 aliphatic heterocycles. The number of ether oxygens (including phenoxy) is 2. The molecule has 13 heavy (non-hydrogen) atoms. The van der Waals surface area contributed by atoms with E-state index in [1.54, 1.807) is 18.3 Å². The highest BCUT2D eigenvalue weighted by atomic mass is 16.7. The smallest absolute Gasteiger partial charge is 0.267 e. The highest BCUT2D eigenvalue weighted by molar-refractivity contribution is 5.24. The van der Waals surface area contributed by atoms with Crippen molar-refractivity contribution >= 4 is 0 Å². The van der Waals surface area contributed by atoms with Crippen LogP contribution in [0, 0.1) is 11.3 Å². The van der Waals surface area contributed by atoms with E-state index >= 15 is 0 Å². The summed E-state index contributed by atoms with van der Waals surface area (Å²) in [7, 11) is 0. The molecule has 1 aromatic rings. The number of nitrogens with zero attached hydrogens (tertiary/aromatic N) is 2. The molecule has 4 nitrogen and oxygen atoms in total. The summed E-state index contributed by atoms with van der Waals surface area (Å²) >= 11 is 0. The topological polar surface area (TPSA) is 55.1 Å². The molecule has 0 amide bonds. The van der Waals surface area contributed by atoms with Crippen LogP contribution in [0.4, 0.5) is 0 Å². The third kappa shape index (κ3) is 1.44. The minimum Gasteiger partial charge on any atom is -0.455 e. The van der Waals surface area contributed by atoms with Crippen LogP contribution in [0.1, 0.15) is 17.5 Å². The molecule has 0 spiro atoms. The van der Waals surface area contributed by atoms with Gasteiger partial charge < -0.3 is 9.47 Å². The zero-order chi connectivity index (χ0) is 9.10. The Bertz CT molecular complexity index is 356. The second-order valence-electron chi connectivity index (χ2n) is 2.46. The first-order valence-corrected chi connectivity index (χ1v) is 3.72. The molecule has 0 radical (unpaired) electrons. The molecule has 0 fully saturated rings. The van der Waals surface area contributed by atoms with Gasteiger partial charge in [0.2, 0.25) is 0 Å². The van der Waals surface area contributed by atoms with Gasteiger partial charge in [-0.1, -0.05) is 0 Å². The number of hydrogen-bond donors (Lipinski definition) is 0. The van der Waals surface area contributed by atoms with Gasteiger partial charge in [0.1, 0.15) is 24.3 Å². The Morgan fingerprint density at radius 1 is 1.31 bits per heavy atom. The van der Waals surface area contributed by atoms with Crippen molar-refractivity contribution in [2.45, 2.75) is 6.29 Å². The molecule has 0 bridgehead atoms. The monoisotopic (exact) mass is 174 g/mol. The number of aromatic nitrogens is 1. The molecule has 0 aromatic carbocycles. The van der Waals surface area contributed by atoms with E-state index in [-0.39, 0.29) is 0 Å². The molecular weight excluding hydrogens is 168 g/mol. The van der Waals surface area contributed by atoms with Gasteiger partial charge in [-0.25, -0.2) is 4.98 Å². The highest BCUT2D eigenvalue weighted by Gasteiger charge is 2.15. The van der Waals surface area contributed by atoms with E-state index in [1.807, 2.05) is 6.07 Å². The maximum absolute atomic E-state index is 8.51. The maximum atomic E-state index is 8.51. The number of pyridine rings is 1. The van der Waals surface area contributed by atoms with Gasteiger partial charge in [-0.2, -0.15) is 5.26 Å². The van der Waals surface area contributed by atoms with Crippen molar-refractivity contribution in [3.05, 3.63) is 42.1 Å². The zero-order valence-corrected chi connectivity index (χ0v) is 6.68. The van der Waals surface area contributed by atoms with Crippen molar-refractivity contribution in [2.75, 3.05) is 0 Å². The quantitative estimate of drug-likeness (QED) is 0.646. The van der Waals surface area contributed by atoms with Crippen LogP contribution in [-0.4, -0.2) is 4.98 Å². The molecule has 64 valence electrons. The summed E-state index contributed by atoms with van der Waals surface area (Å²) in [4.78, 5) is 3.89. The Morgan fingerprint density at radius 3 is 2.62 bits per heavy atom. The van der Waals surface area contributed by atoms with Crippen LogP contribution in [0.25, 0.3) is 0 Å². The minimum absolute atomic E-state index is 0.384. The Balaban J connectivity index is 2.19. The van der Waals surface area contributed by atoms with E-state index in [9.17, 15) is 0 Å². The molecule has 0 atom stereocenters. The van der Waals surface area contributed by atoms with E-state index in [0.29, 0.717) is 5.69 Å². The average molecular weight is 174 g/mol. The van der Waals surface area contributed by atoms with E-state index in [0.717, 1.165) is 5.56 Å². The predicted molar refractivity (Wildman–Crippen MR) is 43.0 cm³/mol. The molecule has 1 aliphatic rings. The van der Waals surface area contributed by atoms with E-state index in [1.165, 1.54) is 12.5 Å². The minimum atomic E-state index is -0.416. The first kappa shape index (κ1) is 7.62. The lowest BCUT2D eigenvalue weighted by molar-refractivity contribution is -0.0248. The van der Waals surface area contributed by atoms with Crippen LogP contribution in [0.3, 0.4) is 0 Å². The molecule has 0 saturated heterocycles. The molecule has 0 aliphatic carbocycles. The van der Waals surface area contributed by atoms with Crippen LogP contribution in [0.5, 0.6) is 0 Å². The van der Waals surface area contributed by atoms with Crippen LogP contribution in [0.15, 0.2) is 30.9 Å². The summed E-state index contributed by atoms with van der Waals surface area (Å²) in [6.07, 6.45) is 4.10. The fourth-order valence-corrected chi connectivity index (χ4v) is 1.01. The largest absolute Gasteiger partial charge is 0.455 e. The van der Waals surface area contributed by atoms with Crippen molar-refractivity contribution in [2.24, 2.45) is 0 Å². The average Bonchev–Trinajstić information content (AvgIpc) is 2.71.